The molecule has 8 nitrogen and oxygen atoms in total. The molecule has 33 heavy (non-hydrogen) atoms. The number of rotatable bonds is 5. The average Bonchev–Trinajstić information content (AvgIpc) is 3.29. The van der Waals surface area contributed by atoms with Gasteiger partial charge in [0, 0.05) is 32.1 Å². The molecule has 10 heteroatoms. The molecular formula is C23H28N4O4S2. The number of nitrogens with one attached hydrogen (secondary N) is 1. The lowest BCUT2D eigenvalue weighted by Crippen LogP contribution is -2.38. The van der Waals surface area contributed by atoms with Gasteiger partial charge >= 0.3 is 0 Å². The number of hydrogen-bond acceptors (Lipinski definition) is 5. The number of aromatic amines is 1. The van der Waals surface area contributed by atoms with Gasteiger partial charge in [-0.3, -0.25) is 0 Å². The second-order valence-corrected chi connectivity index (χ2v) is 12.6. The van der Waals surface area contributed by atoms with E-state index in [1.165, 1.54) is 32.9 Å². The monoisotopic (exact) mass is 488 g/mol. The number of fused-ring (bicyclic) bond motifs is 1. The molecule has 0 spiro atoms. The summed E-state index contributed by atoms with van der Waals surface area (Å²) in [5, 5.41) is 0. The van der Waals surface area contributed by atoms with Crippen molar-refractivity contribution in [2.24, 2.45) is 0 Å². The summed E-state index contributed by atoms with van der Waals surface area (Å²) in [4.78, 5) is 8.30. The number of benzene rings is 2. The maximum Gasteiger partial charge on any atom is 0.243 e. The molecule has 2 aliphatic rings. The highest BCUT2D eigenvalue weighted by Gasteiger charge is 2.32. The maximum atomic E-state index is 13.2. The predicted octanol–water partition coefficient (Wildman–Crippen LogP) is 3.31. The van der Waals surface area contributed by atoms with E-state index in [-0.39, 0.29) is 15.7 Å². The molecule has 2 saturated heterocycles. The highest BCUT2D eigenvalue weighted by atomic mass is 32.2. The number of hydrogen-bond donors (Lipinski definition) is 1. The molecule has 0 saturated carbocycles. The van der Waals surface area contributed by atoms with Crippen molar-refractivity contribution in [3.8, 4) is 0 Å². The van der Waals surface area contributed by atoms with Crippen molar-refractivity contribution in [1.82, 2.24) is 18.6 Å². The molecule has 3 aromatic rings. The zero-order valence-corrected chi connectivity index (χ0v) is 20.0. The Morgan fingerprint density at radius 1 is 0.727 bits per heavy atom. The summed E-state index contributed by atoms with van der Waals surface area (Å²) in [5.41, 5.74) is 1.91. The molecule has 0 bridgehead atoms. The molecule has 0 aliphatic carbocycles. The lowest BCUT2D eigenvalue weighted by Gasteiger charge is -2.30. The number of imidazole rings is 1. The quantitative estimate of drug-likeness (QED) is 0.594. The smallest absolute Gasteiger partial charge is 0.243 e. The number of aromatic nitrogens is 2. The van der Waals surface area contributed by atoms with Gasteiger partial charge in [0.05, 0.1) is 20.8 Å². The van der Waals surface area contributed by atoms with Crippen molar-refractivity contribution in [2.75, 3.05) is 26.2 Å². The van der Waals surface area contributed by atoms with Crippen molar-refractivity contribution in [1.29, 1.82) is 0 Å². The maximum absolute atomic E-state index is 13.2. The SMILES string of the molecule is O=S(=O)(c1ccc(S(=O)(=O)N2CCC(c3nc4ccccc4[nH]3)CC2)cc1)N1CCCCC1. The first-order chi connectivity index (χ1) is 15.9. The summed E-state index contributed by atoms with van der Waals surface area (Å²) >= 11 is 0. The van der Waals surface area contributed by atoms with Crippen LogP contribution in [-0.2, 0) is 20.0 Å². The number of piperidine rings is 2. The van der Waals surface area contributed by atoms with E-state index in [2.05, 4.69) is 9.97 Å². The minimum Gasteiger partial charge on any atom is -0.342 e. The number of H-pyrrole nitrogens is 1. The van der Waals surface area contributed by atoms with Gasteiger partial charge < -0.3 is 4.98 Å². The van der Waals surface area contributed by atoms with Crippen LogP contribution in [0.25, 0.3) is 11.0 Å². The van der Waals surface area contributed by atoms with E-state index in [1.54, 1.807) is 0 Å². The van der Waals surface area contributed by atoms with Crippen molar-refractivity contribution in [3.63, 3.8) is 0 Å². The number of nitrogens with zero attached hydrogens (tertiary/aromatic N) is 3. The number of para-hydroxylation sites is 2. The van der Waals surface area contributed by atoms with Crippen molar-refractivity contribution in [3.05, 3.63) is 54.4 Å². The Kier molecular flexibility index (Phi) is 6.02. The van der Waals surface area contributed by atoms with Crippen LogP contribution in [0.2, 0.25) is 0 Å². The molecule has 176 valence electrons. The summed E-state index contributed by atoms with van der Waals surface area (Å²) in [5.74, 6) is 1.08. The van der Waals surface area contributed by atoms with Crippen molar-refractivity contribution in [2.45, 2.75) is 47.8 Å². The van der Waals surface area contributed by atoms with Crippen LogP contribution in [0.4, 0.5) is 0 Å². The normalized spacial score (nSPS) is 19.8. The van der Waals surface area contributed by atoms with Gasteiger partial charge in [-0.15, -0.1) is 0 Å². The Morgan fingerprint density at radius 3 is 1.85 bits per heavy atom. The fourth-order valence-corrected chi connectivity index (χ4v) is 7.71. The third-order valence-corrected chi connectivity index (χ3v) is 10.5. The molecule has 5 rings (SSSR count). The Morgan fingerprint density at radius 2 is 1.27 bits per heavy atom. The van der Waals surface area contributed by atoms with Crippen LogP contribution in [0, 0.1) is 0 Å². The van der Waals surface area contributed by atoms with Gasteiger partial charge in [-0.05, 0) is 62.1 Å². The molecule has 0 atom stereocenters. The largest absolute Gasteiger partial charge is 0.342 e. The van der Waals surface area contributed by atoms with Crippen molar-refractivity contribution >= 4 is 31.1 Å². The Balaban J connectivity index is 1.28. The summed E-state index contributed by atoms with van der Waals surface area (Å²) < 4.78 is 55.0. The lowest BCUT2D eigenvalue weighted by molar-refractivity contribution is 0.314. The molecular weight excluding hydrogens is 460 g/mol. The van der Waals surface area contributed by atoms with E-state index in [4.69, 9.17) is 0 Å². The first-order valence-corrected chi connectivity index (χ1v) is 14.3. The molecule has 2 fully saturated rings. The summed E-state index contributed by atoms with van der Waals surface area (Å²) in [6.07, 6.45) is 4.11. The van der Waals surface area contributed by atoms with Crippen LogP contribution in [0.15, 0.2) is 58.3 Å². The van der Waals surface area contributed by atoms with E-state index >= 15 is 0 Å². The van der Waals surface area contributed by atoms with Gasteiger partial charge in [0.25, 0.3) is 0 Å². The van der Waals surface area contributed by atoms with E-state index in [9.17, 15) is 16.8 Å². The topological polar surface area (TPSA) is 103 Å². The highest BCUT2D eigenvalue weighted by molar-refractivity contribution is 7.89. The van der Waals surface area contributed by atoms with E-state index in [0.29, 0.717) is 39.0 Å². The fraction of sp³-hybridized carbons (Fsp3) is 0.435. The van der Waals surface area contributed by atoms with E-state index in [1.807, 2.05) is 24.3 Å². The second kappa shape index (κ2) is 8.83. The van der Waals surface area contributed by atoms with Crippen LogP contribution in [0.3, 0.4) is 0 Å². The summed E-state index contributed by atoms with van der Waals surface area (Å²) in [6.45, 7) is 1.83. The molecule has 2 aromatic carbocycles. The van der Waals surface area contributed by atoms with Crippen LogP contribution >= 0.6 is 0 Å². The molecule has 1 N–H and O–H groups in total. The van der Waals surface area contributed by atoms with E-state index in [0.717, 1.165) is 36.1 Å². The average molecular weight is 489 g/mol. The van der Waals surface area contributed by atoms with Gasteiger partial charge in [0.2, 0.25) is 20.0 Å². The minimum absolute atomic E-state index is 0.127. The third-order valence-electron chi connectivity index (χ3n) is 6.66. The van der Waals surface area contributed by atoms with Gasteiger partial charge in [-0.25, -0.2) is 21.8 Å². The lowest BCUT2D eigenvalue weighted by atomic mass is 9.97. The third kappa shape index (κ3) is 4.32. The molecule has 0 amide bonds. The minimum atomic E-state index is -3.69. The molecule has 2 aliphatic heterocycles. The zero-order valence-electron chi connectivity index (χ0n) is 18.4. The van der Waals surface area contributed by atoms with Crippen LogP contribution in [0.5, 0.6) is 0 Å². The second-order valence-electron chi connectivity index (χ2n) is 8.75. The van der Waals surface area contributed by atoms with Crippen LogP contribution in [-0.4, -0.2) is 61.6 Å². The first kappa shape index (κ1) is 22.5. The highest BCUT2D eigenvalue weighted by Crippen LogP contribution is 2.31. The van der Waals surface area contributed by atoms with Gasteiger partial charge in [-0.1, -0.05) is 18.6 Å². The Hall–Kier alpha value is -2.27. The van der Waals surface area contributed by atoms with Crippen LogP contribution < -0.4 is 0 Å². The molecule has 0 radical (unpaired) electrons. The Labute approximate surface area is 194 Å². The number of sulfonamides is 2. The predicted molar refractivity (Wildman–Crippen MR) is 126 cm³/mol. The van der Waals surface area contributed by atoms with Gasteiger partial charge in [0.15, 0.2) is 0 Å². The fourth-order valence-electron chi connectivity index (χ4n) is 4.72. The van der Waals surface area contributed by atoms with Gasteiger partial charge in [0.1, 0.15) is 5.82 Å². The molecule has 3 heterocycles. The van der Waals surface area contributed by atoms with Crippen molar-refractivity contribution < 1.29 is 16.8 Å². The van der Waals surface area contributed by atoms with Crippen LogP contribution in [0.1, 0.15) is 43.8 Å². The molecule has 0 unspecified atom stereocenters. The van der Waals surface area contributed by atoms with Gasteiger partial charge in [-0.2, -0.15) is 8.61 Å². The Bertz CT molecular complexity index is 1300. The summed E-state index contributed by atoms with van der Waals surface area (Å²) in [6, 6.07) is 13.5. The molecule has 1 aromatic heterocycles. The first-order valence-electron chi connectivity index (χ1n) is 11.4. The summed E-state index contributed by atoms with van der Waals surface area (Å²) in [7, 11) is -7.27. The zero-order chi connectivity index (χ0) is 23.1. The van der Waals surface area contributed by atoms with E-state index < -0.39 is 20.0 Å². The standard InChI is InChI=1S/C23H28N4O4S2/c28-32(29,26-14-4-1-5-15-26)19-8-10-20(11-9-19)33(30,31)27-16-12-18(13-17-27)23-24-21-6-2-3-7-22(21)25-23/h2-3,6-11,18H,1,4-5,12-17H2,(H,24,25).